The SMILES string of the molecule is C[C@H](NC(=O)/C(C#N)=C\c1cc(I)c(OCc2cccc([N+](=O)[O-])c2)c(I)c1)c1ccccc1. The molecule has 0 fully saturated rings. The van der Waals surface area contributed by atoms with Gasteiger partial charge in [0, 0.05) is 12.1 Å². The Kier molecular flexibility index (Phi) is 9.00. The van der Waals surface area contributed by atoms with E-state index in [1.54, 1.807) is 18.2 Å². The Hall–Kier alpha value is -2.98. The number of non-ortho nitro benzene ring substituents is 1. The average molecular weight is 679 g/mol. The van der Waals surface area contributed by atoms with Crippen LogP contribution >= 0.6 is 45.2 Å². The number of nitro benzene ring substituents is 1. The number of amides is 1. The largest absolute Gasteiger partial charge is 0.487 e. The number of nitrogens with one attached hydrogen (secondary N) is 1. The maximum atomic E-state index is 12.7. The summed E-state index contributed by atoms with van der Waals surface area (Å²) in [6, 6.07) is 21.2. The molecule has 1 N–H and O–H groups in total. The molecule has 0 aliphatic carbocycles. The Morgan fingerprint density at radius 1 is 1.15 bits per heavy atom. The normalized spacial score (nSPS) is 11.9. The second-order valence-corrected chi connectivity index (χ2v) is 9.63. The molecule has 0 aromatic heterocycles. The van der Waals surface area contributed by atoms with E-state index in [2.05, 4.69) is 50.5 Å². The van der Waals surface area contributed by atoms with Gasteiger partial charge < -0.3 is 10.1 Å². The Labute approximate surface area is 224 Å². The van der Waals surface area contributed by atoms with Gasteiger partial charge in [-0.1, -0.05) is 42.5 Å². The molecule has 1 amide bonds. The lowest BCUT2D eigenvalue weighted by atomic mass is 10.1. The highest BCUT2D eigenvalue weighted by Gasteiger charge is 2.15. The van der Waals surface area contributed by atoms with Crippen molar-refractivity contribution in [3.63, 3.8) is 0 Å². The first-order valence-electron chi connectivity index (χ1n) is 10.1. The first kappa shape index (κ1) is 25.6. The topological polar surface area (TPSA) is 105 Å². The number of halogens is 2. The minimum Gasteiger partial charge on any atom is -0.487 e. The predicted octanol–water partition coefficient (Wildman–Crippen LogP) is 6.17. The van der Waals surface area contributed by atoms with Crippen molar-refractivity contribution in [2.75, 3.05) is 0 Å². The van der Waals surface area contributed by atoms with Crippen LogP contribution in [0.4, 0.5) is 5.69 Å². The van der Waals surface area contributed by atoms with Gasteiger partial charge in [-0.05, 0) is 87.0 Å². The van der Waals surface area contributed by atoms with Crippen LogP contribution < -0.4 is 10.1 Å². The molecule has 0 saturated heterocycles. The molecule has 172 valence electrons. The van der Waals surface area contributed by atoms with Crippen LogP contribution in [-0.4, -0.2) is 10.8 Å². The number of rotatable bonds is 8. The maximum Gasteiger partial charge on any atom is 0.269 e. The van der Waals surface area contributed by atoms with E-state index in [4.69, 9.17) is 4.74 Å². The molecule has 1 atom stereocenters. The van der Waals surface area contributed by atoms with Crippen LogP contribution in [-0.2, 0) is 11.4 Å². The molecule has 3 rings (SSSR count). The Morgan fingerprint density at radius 3 is 2.44 bits per heavy atom. The quantitative estimate of drug-likeness (QED) is 0.101. The highest BCUT2D eigenvalue weighted by atomic mass is 127. The summed E-state index contributed by atoms with van der Waals surface area (Å²) in [5, 5.41) is 23.4. The van der Waals surface area contributed by atoms with Crippen molar-refractivity contribution in [2.24, 2.45) is 0 Å². The molecule has 34 heavy (non-hydrogen) atoms. The van der Waals surface area contributed by atoms with Gasteiger partial charge in [-0.15, -0.1) is 0 Å². The van der Waals surface area contributed by atoms with Crippen LogP contribution in [0.1, 0.15) is 29.7 Å². The monoisotopic (exact) mass is 679 g/mol. The third-order valence-electron chi connectivity index (χ3n) is 4.85. The molecule has 3 aromatic rings. The molecular formula is C25H19I2N3O4. The molecule has 0 unspecified atom stereocenters. The van der Waals surface area contributed by atoms with E-state index in [1.807, 2.05) is 55.5 Å². The van der Waals surface area contributed by atoms with Gasteiger partial charge in [-0.2, -0.15) is 5.26 Å². The zero-order valence-electron chi connectivity index (χ0n) is 18.0. The first-order valence-corrected chi connectivity index (χ1v) is 12.3. The van der Waals surface area contributed by atoms with Gasteiger partial charge in [0.15, 0.2) is 0 Å². The number of nitriles is 1. The van der Waals surface area contributed by atoms with Gasteiger partial charge in [0.25, 0.3) is 11.6 Å². The third-order valence-corrected chi connectivity index (χ3v) is 6.45. The van der Waals surface area contributed by atoms with Gasteiger partial charge in [-0.3, -0.25) is 14.9 Å². The number of nitrogens with zero attached hydrogens (tertiary/aromatic N) is 2. The van der Waals surface area contributed by atoms with Crippen molar-refractivity contribution in [1.82, 2.24) is 5.32 Å². The van der Waals surface area contributed by atoms with Crippen LogP contribution in [0.15, 0.2) is 72.3 Å². The summed E-state index contributed by atoms with van der Waals surface area (Å²) in [5.41, 5.74) is 2.33. The van der Waals surface area contributed by atoms with E-state index < -0.39 is 10.8 Å². The zero-order valence-corrected chi connectivity index (χ0v) is 22.3. The summed E-state index contributed by atoms with van der Waals surface area (Å²) < 4.78 is 7.50. The summed E-state index contributed by atoms with van der Waals surface area (Å²) in [4.78, 5) is 23.2. The summed E-state index contributed by atoms with van der Waals surface area (Å²) in [5.74, 6) is 0.181. The zero-order chi connectivity index (χ0) is 24.7. The van der Waals surface area contributed by atoms with E-state index in [0.717, 1.165) is 12.7 Å². The minimum absolute atomic E-state index is 0.000329. The number of hydrogen-bond donors (Lipinski definition) is 1. The van der Waals surface area contributed by atoms with Crippen molar-refractivity contribution < 1.29 is 14.5 Å². The number of nitro groups is 1. The number of ether oxygens (including phenoxy) is 1. The van der Waals surface area contributed by atoms with Crippen LogP contribution in [0.3, 0.4) is 0 Å². The lowest BCUT2D eigenvalue weighted by Gasteiger charge is -2.14. The standard InChI is InChI=1S/C25H19I2N3O4/c1-16(19-7-3-2-4-8-19)29-25(31)20(14-28)10-18-12-22(26)24(23(27)13-18)34-15-17-6-5-9-21(11-17)30(32)33/h2-13,16H,15H2,1H3,(H,29,31)/b20-10-/t16-/m0/s1. The molecule has 0 saturated carbocycles. The van der Waals surface area contributed by atoms with Crippen molar-refractivity contribution in [2.45, 2.75) is 19.6 Å². The molecule has 7 nitrogen and oxygen atoms in total. The van der Waals surface area contributed by atoms with Gasteiger partial charge in [0.05, 0.1) is 18.1 Å². The van der Waals surface area contributed by atoms with Crippen LogP contribution in [0.25, 0.3) is 6.08 Å². The third kappa shape index (κ3) is 6.77. The summed E-state index contributed by atoms with van der Waals surface area (Å²) >= 11 is 4.25. The Bertz CT molecular complexity index is 1260. The first-order chi connectivity index (χ1) is 16.3. The Balaban J connectivity index is 1.74. The van der Waals surface area contributed by atoms with E-state index in [9.17, 15) is 20.2 Å². The van der Waals surface area contributed by atoms with Crippen molar-refractivity contribution in [3.8, 4) is 11.8 Å². The highest BCUT2D eigenvalue weighted by Crippen LogP contribution is 2.31. The van der Waals surface area contributed by atoms with Crippen molar-refractivity contribution >= 4 is 62.9 Å². The maximum absolute atomic E-state index is 12.7. The van der Waals surface area contributed by atoms with Crippen molar-refractivity contribution in [1.29, 1.82) is 5.26 Å². The van der Waals surface area contributed by atoms with Gasteiger partial charge in [0.1, 0.15) is 24.0 Å². The van der Waals surface area contributed by atoms with E-state index in [1.165, 1.54) is 12.1 Å². The minimum atomic E-state index is -0.449. The highest BCUT2D eigenvalue weighted by molar-refractivity contribution is 14.1. The fraction of sp³-hybridized carbons (Fsp3) is 0.120. The van der Waals surface area contributed by atoms with Crippen LogP contribution in [0.5, 0.6) is 5.75 Å². The van der Waals surface area contributed by atoms with Gasteiger partial charge in [-0.25, -0.2) is 0 Å². The lowest BCUT2D eigenvalue weighted by Crippen LogP contribution is -2.27. The Morgan fingerprint density at radius 2 is 1.82 bits per heavy atom. The number of benzene rings is 3. The smallest absolute Gasteiger partial charge is 0.269 e. The number of carbonyl (C=O) groups is 1. The van der Waals surface area contributed by atoms with Gasteiger partial charge in [0.2, 0.25) is 0 Å². The predicted molar refractivity (Wildman–Crippen MR) is 146 cm³/mol. The summed E-state index contributed by atoms with van der Waals surface area (Å²) in [7, 11) is 0. The molecule has 9 heteroatoms. The molecule has 0 aliphatic heterocycles. The molecule has 3 aromatic carbocycles. The molecular weight excluding hydrogens is 660 g/mol. The molecule has 0 radical (unpaired) electrons. The number of carbonyl (C=O) groups excluding carboxylic acids is 1. The molecule has 0 spiro atoms. The van der Waals surface area contributed by atoms with Crippen molar-refractivity contribution in [3.05, 3.63) is 106 Å². The summed E-state index contributed by atoms with van der Waals surface area (Å²) in [6.07, 6.45) is 1.54. The van der Waals surface area contributed by atoms with E-state index in [0.29, 0.717) is 16.9 Å². The van der Waals surface area contributed by atoms with Crippen LogP contribution in [0.2, 0.25) is 0 Å². The van der Waals surface area contributed by atoms with E-state index in [-0.39, 0.29) is 23.9 Å². The molecule has 0 aliphatic rings. The van der Waals surface area contributed by atoms with Crippen LogP contribution in [0, 0.1) is 28.6 Å². The fourth-order valence-corrected chi connectivity index (χ4v) is 5.26. The average Bonchev–Trinajstić information content (AvgIpc) is 2.82. The van der Waals surface area contributed by atoms with Gasteiger partial charge >= 0.3 is 0 Å². The second-order valence-electron chi connectivity index (χ2n) is 7.31. The fourth-order valence-electron chi connectivity index (χ4n) is 3.13. The second kappa shape index (κ2) is 11.9. The summed E-state index contributed by atoms with van der Waals surface area (Å²) in [6.45, 7) is 2.04. The molecule has 0 heterocycles. The molecule has 0 bridgehead atoms. The lowest BCUT2D eigenvalue weighted by molar-refractivity contribution is -0.384. The number of hydrogen-bond acceptors (Lipinski definition) is 5. The van der Waals surface area contributed by atoms with E-state index >= 15 is 0 Å².